The molecule has 0 aromatic heterocycles. The lowest BCUT2D eigenvalue weighted by molar-refractivity contribution is -0.306. The molecule has 1 aliphatic heterocycles. The number of ether oxygens (including phenoxy) is 2. The molecule has 256 valence electrons. The lowest BCUT2D eigenvalue weighted by Gasteiger charge is -2.48. The Bertz CT molecular complexity index is 844. The first-order chi connectivity index (χ1) is 21.0. The van der Waals surface area contributed by atoms with Gasteiger partial charge in [0.15, 0.2) is 5.79 Å². The maximum atomic E-state index is 14.0. The predicted octanol–water partition coefficient (Wildman–Crippen LogP) is 8.16. The minimum atomic E-state index is -0.945. The number of aliphatic carboxylic acids is 1. The zero-order valence-electron chi connectivity index (χ0n) is 28.9. The molecule has 0 radical (unpaired) electrons. The van der Waals surface area contributed by atoms with Crippen LogP contribution in [0.1, 0.15) is 169 Å². The van der Waals surface area contributed by atoms with E-state index < -0.39 is 23.3 Å². The van der Waals surface area contributed by atoms with Gasteiger partial charge < -0.3 is 24.8 Å². The van der Waals surface area contributed by atoms with Gasteiger partial charge >= 0.3 is 5.97 Å². The predicted molar refractivity (Wildman–Crippen MR) is 176 cm³/mol. The van der Waals surface area contributed by atoms with Gasteiger partial charge in [-0.1, -0.05) is 124 Å². The Labute approximate surface area is 268 Å². The highest BCUT2D eigenvalue weighted by Crippen LogP contribution is 2.37. The summed E-state index contributed by atoms with van der Waals surface area (Å²) in [5.74, 6) is -2.02. The van der Waals surface area contributed by atoms with Crippen LogP contribution < -0.4 is 5.32 Å². The number of amides is 2. The van der Waals surface area contributed by atoms with Gasteiger partial charge in [-0.3, -0.25) is 14.4 Å². The molecule has 1 heterocycles. The SMILES string of the molecule is CCCCCCCCCCCCCCCCCC(=O)N[C@@H]1CCCC[C@H]1N(CCC(=O)O)C(=O)C1OC(C)(C)OCC1(C)C. The summed E-state index contributed by atoms with van der Waals surface area (Å²) in [5, 5.41) is 12.7. The first-order valence-electron chi connectivity index (χ1n) is 18.1. The molecule has 8 heteroatoms. The molecular formula is C36H66N2O6. The Morgan fingerprint density at radius 2 is 1.30 bits per heavy atom. The molecule has 1 saturated heterocycles. The largest absolute Gasteiger partial charge is 0.481 e. The van der Waals surface area contributed by atoms with Crippen molar-refractivity contribution in [1.29, 1.82) is 0 Å². The molecule has 44 heavy (non-hydrogen) atoms. The van der Waals surface area contributed by atoms with Crippen molar-refractivity contribution in [3.05, 3.63) is 0 Å². The van der Waals surface area contributed by atoms with Gasteiger partial charge in [-0.15, -0.1) is 0 Å². The van der Waals surface area contributed by atoms with Gasteiger partial charge in [0.1, 0.15) is 6.10 Å². The summed E-state index contributed by atoms with van der Waals surface area (Å²) in [5.41, 5.74) is -0.560. The average molecular weight is 623 g/mol. The van der Waals surface area contributed by atoms with Gasteiger partial charge in [-0.25, -0.2) is 0 Å². The van der Waals surface area contributed by atoms with Gasteiger partial charge in [0, 0.05) is 24.4 Å². The molecule has 1 unspecified atom stereocenters. The Hall–Kier alpha value is -1.67. The van der Waals surface area contributed by atoms with E-state index in [0.29, 0.717) is 13.0 Å². The molecule has 8 nitrogen and oxygen atoms in total. The monoisotopic (exact) mass is 622 g/mol. The van der Waals surface area contributed by atoms with Crippen LogP contribution in [-0.4, -0.2) is 64.9 Å². The van der Waals surface area contributed by atoms with Gasteiger partial charge in [0.05, 0.1) is 19.1 Å². The number of nitrogens with one attached hydrogen (secondary N) is 1. The van der Waals surface area contributed by atoms with Crippen molar-refractivity contribution in [3.63, 3.8) is 0 Å². The summed E-state index contributed by atoms with van der Waals surface area (Å²) < 4.78 is 12.0. The van der Waals surface area contributed by atoms with Crippen LogP contribution in [0.3, 0.4) is 0 Å². The van der Waals surface area contributed by atoms with Gasteiger partial charge in [0.25, 0.3) is 5.91 Å². The third-order valence-electron chi connectivity index (χ3n) is 9.46. The summed E-state index contributed by atoms with van der Waals surface area (Å²) in [7, 11) is 0. The molecule has 2 aliphatic rings. The van der Waals surface area contributed by atoms with Crippen LogP contribution in [0.4, 0.5) is 0 Å². The molecule has 2 fully saturated rings. The van der Waals surface area contributed by atoms with Crippen molar-refractivity contribution in [2.24, 2.45) is 5.41 Å². The van der Waals surface area contributed by atoms with Crippen molar-refractivity contribution in [1.82, 2.24) is 10.2 Å². The number of carbonyl (C=O) groups is 3. The van der Waals surface area contributed by atoms with E-state index in [1.807, 2.05) is 13.8 Å². The summed E-state index contributed by atoms with van der Waals surface area (Å²) in [6, 6.07) is -0.424. The summed E-state index contributed by atoms with van der Waals surface area (Å²) in [4.78, 5) is 40.2. The fourth-order valence-corrected chi connectivity index (χ4v) is 6.69. The number of hydrogen-bond acceptors (Lipinski definition) is 5. The molecular weight excluding hydrogens is 556 g/mol. The highest BCUT2D eigenvalue weighted by molar-refractivity contribution is 5.83. The van der Waals surface area contributed by atoms with Crippen molar-refractivity contribution < 1.29 is 29.0 Å². The topological polar surface area (TPSA) is 105 Å². The van der Waals surface area contributed by atoms with Gasteiger partial charge in [-0.05, 0) is 33.1 Å². The number of hydrogen-bond donors (Lipinski definition) is 2. The second kappa shape index (κ2) is 20.5. The third kappa shape index (κ3) is 14.6. The summed E-state index contributed by atoms with van der Waals surface area (Å²) in [6.07, 6.45) is 22.4. The smallest absolute Gasteiger partial charge is 0.305 e. The average Bonchev–Trinajstić information content (AvgIpc) is 2.97. The molecule has 1 saturated carbocycles. The van der Waals surface area contributed by atoms with E-state index in [2.05, 4.69) is 12.2 Å². The van der Waals surface area contributed by atoms with E-state index in [4.69, 9.17) is 9.47 Å². The second-order valence-electron chi connectivity index (χ2n) is 14.6. The zero-order valence-corrected chi connectivity index (χ0v) is 28.9. The van der Waals surface area contributed by atoms with E-state index in [-0.39, 0.29) is 36.9 Å². The standard InChI is InChI=1S/C36H66N2O6/c1-6-7-8-9-10-11-12-13-14-15-16-17-18-19-20-25-31(39)37-29-23-21-22-24-30(29)38(27-26-32(40)41)34(42)33-35(2,3)28-43-36(4,5)44-33/h29-30,33H,6-28H2,1-5H3,(H,37,39)(H,40,41)/t29-,30-,33?/m1/s1. The lowest BCUT2D eigenvalue weighted by Crippen LogP contribution is -2.62. The van der Waals surface area contributed by atoms with Gasteiger partial charge in [-0.2, -0.15) is 0 Å². The molecule has 1 aliphatic carbocycles. The maximum Gasteiger partial charge on any atom is 0.305 e. The van der Waals surface area contributed by atoms with Crippen LogP contribution in [-0.2, 0) is 23.9 Å². The second-order valence-corrected chi connectivity index (χ2v) is 14.6. The zero-order chi connectivity index (χ0) is 32.4. The van der Waals surface area contributed by atoms with E-state index in [1.165, 1.54) is 83.5 Å². The quantitative estimate of drug-likeness (QED) is 0.118. The van der Waals surface area contributed by atoms with Crippen LogP contribution >= 0.6 is 0 Å². The minimum absolute atomic E-state index is 0.0333. The third-order valence-corrected chi connectivity index (χ3v) is 9.46. The molecule has 2 N–H and O–H groups in total. The van der Waals surface area contributed by atoms with Crippen LogP contribution in [0.25, 0.3) is 0 Å². The number of carboxylic acids is 1. The number of carbonyl (C=O) groups excluding carboxylic acids is 2. The van der Waals surface area contributed by atoms with Crippen LogP contribution in [0.2, 0.25) is 0 Å². The Balaban J connectivity index is 1.76. The van der Waals surface area contributed by atoms with Crippen LogP contribution in [0.15, 0.2) is 0 Å². The first kappa shape index (κ1) is 38.5. The maximum absolute atomic E-state index is 14.0. The van der Waals surface area contributed by atoms with E-state index in [1.54, 1.807) is 18.7 Å². The van der Waals surface area contributed by atoms with Crippen molar-refractivity contribution >= 4 is 17.8 Å². The number of rotatable bonds is 22. The van der Waals surface area contributed by atoms with E-state index in [9.17, 15) is 19.5 Å². The van der Waals surface area contributed by atoms with Crippen LogP contribution in [0, 0.1) is 5.41 Å². The van der Waals surface area contributed by atoms with Crippen molar-refractivity contribution in [2.75, 3.05) is 13.2 Å². The highest BCUT2D eigenvalue weighted by atomic mass is 16.7. The Morgan fingerprint density at radius 1 is 0.773 bits per heavy atom. The molecule has 0 bridgehead atoms. The fraction of sp³-hybridized carbons (Fsp3) is 0.917. The molecule has 0 spiro atoms. The normalized spacial score (nSPS) is 22.8. The van der Waals surface area contributed by atoms with Crippen molar-refractivity contribution in [2.45, 2.75) is 193 Å². The molecule has 2 amide bonds. The lowest BCUT2D eigenvalue weighted by atomic mass is 9.83. The summed E-state index contributed by atoms with van der Waals surface area (Å²) in [6.45, 7) is 10.2. The molecule has 3 atom stereocenters. The molecule has 2 rings (SSSR count). The number of unbranched alkanes of at least 4 members (excludes halogenated alkanes) is 14. The Morgan fingerprint density at radius 3 is 1.84 bits per heavy atom. The first-order valence-corrected chi connectivity index (χ1v) is 18.1. The number of nitrogens with zero attached hydrogens (tertiary/aromatic N) is 1. The van der Waals surface area contributed by atoms with Crippen LogP contribution in [0.5, 0.6) is 0 Å². The molecule has 0 aromatic rings. The minimum Gasteiger partial charge on any atom is -0.481 e. The fourth-order valence-electron chi connectivity index (χ4n) is 6.69. The van der Waals surface area contributed by atoms with E-state index >= 15 is 0 Å². The number of carboxylic acid groups (broad SMARTS) is 1. The highest BCUT2D eigenvalue weighted by Gasteiger charge is 2.48. The molecule has 0 aromatic carbocycles. The van der Waals surface area contributed by atoms with Crippen molar-refractivity contribution in [3.8, 4) is 0 Å². The van der Waals surface area contributed by atoms with Gasteiger partial charge in [0.2, 0.25) is 5.91 Å². The summed E-state index contributed by atoms with van der Waals surface area (Å²) >= 11 is 0. The van der Waals surface area contributed by atoms with E-state index in [0.717, 1.165) is 38.5 Å². The Kier molecular flexibility index (Phi) is 17.9.